The first kappa shape index (κ1) is 11.1. The van der Waals surface area contributed by atoms with E-state index in [1.807, 2.05) is 0 Å². The zero-order chi connectivity index (χ0) is 10.9. The molecule has 0 heterocycles. The van der Waals surface area contributed by atoms with Crippen LogP contribution < -0.4 is 0 Å². The third kappa shape index (κ3) is 1.42. The Morgan fingerprint density at radius 1 is 1.50 bits per heavy atom. The van der Waals surface area contributed by atoms with Crippen molar-refractivity contribution in [3.8, 4) is 0 Å². The average Bonchev–Trinajstić information content (AvgIpc) is 2.19. The second kappa shape index (κ2) is 3.67. The van der Waals surface area contributed by atoms with E-state index in [9.17, 15) is 14.0 Å². The third-order valence-corrected chi connectivity index (χ3v) is 3.00. The summed E-state index contributed by atoms with van der Waals surface area (Å²) in [6.45, 7) is 3.21. The Morgan fingerprint density at radius 3 is 2.57 bits per heavy atom. The fraction of sp³-hybridized carbons (Fsp3) is 0.800. The van der Waals surface area contributed by atoms with Gasteiger partial charge in [-0.2, -0.15) is 0 Å². The number of alkyl halides is 1. The van der Waals surface area contributed by atoms with E-state index >= 15 is 0 Å². The standard InChI is InChI=1S/C10H15FO3/c1-6-4-5-7(2)10(11,8(6)12)9(13)14-3/h6-7H,4-5H2,1-3H3. The van der Waals surface area contributed by atoms with Crippen LogP contribution in [0.2, 0.25) is 0 Å². The molecule has 0 bridgehead atoms. The van der Waals surface area contributed by atoms with Gasteiger partial charge in [-0.05, 0) is 12.8 Å². The normalized spacial score (nSPS) is 38.1. The molecule has 0 amide bonds. The molecule has 0 radical (unpaired) electrons. The molecular formula is C10H15FO3. The molecule has 0 saturated heterocycles. The minimum atomic E-state index is -2.42. The van der Waals surface area contributed by atoms with Gasteiger partial charge in [0, 0.05) is 11.8 Å². The van der Waals surface area contributed by atoms with Crippen LogP contribution in [0.1, 0.15) is 26.7 Å². The Balaban J connectivity index is 3.01. The highest BCUT2D eigenvalue weighted by molar-refractivity contribution is 6.08. The SMILES string of the molecule is COC(=O)C1(F)C(=O)C(C)CCC1C. The molecule has 0 spiro atoms. The lowest BCUT2D eigenvalue weighted by Gasteiger charge is -2.34. The summed E-state index contributed by atoms with van der Waals surface area (Å²) in [5.74, 6) is -2.67. The molecule has 1 rings (SSSR count). The number of ether oxygens (including phenoxy) is 1. The van der Waals surface area contributed by atoms with Crippen LogP contribution in [-0.2, 0) is 14.3 Å². The number of ketones is 1. The van der Waals surface area contributed by atoms with Crippen molar-refractivity contribution in [3.63, 3.8) is 0 Å². The van der Waals surface area contributed by atoms with Crippen molar-refractivity contribution in [3.05, 3.63) is 0 Å². The summed E-state index contributed by atoms with van der Waals surface area (Å²) >= 11 is 0. The number of esters is 1. The summed E-state index contributed by atoms with van der Waals surface area (Å²) in [6.07, 6.45) is 1.18. The van der Waals surface area contributed by atoms with E-state index < -0.39 is 29.3 Å². The number of hydrogen-bond acceptors (Lipinski definition) is 3. The fourth-order valence-corrected chi connectivity index (χ4v) is 1.88. The quantitative estimate of drug-likeness (QED) is 0.478. The van der Waals surface area contributed by atoms with Gasteiger partial charge < -0.3 is 4.74 Å². The van der Waals surface area contributed by atoms with Gasteiger partial charge in [0.25, 0.3) is 5.67 Å². The Morgan fingerprint density at radius 2 is 2.07 bits per heavy atom. The first-order valence-corrected chi connectivity index (χ1v) is 4.76. The molecule has 0 aromatic carbocycles. The highest BCUT2D eigenvalue weighted by Gasteiger charge is 2.55. The number of rotatable bonds is 1. The lowest BCUT2D eigenvalue weighted by molar-refractivity contribution is -0.168. The number of carbonyl (C=O) groups excluding carboxylic acids is 2. The van der Waals surface area contributed by atoms with Crippen LogP contribution in [0.15, 0.2) is 0 Å². The lowest BCUT2D eigenvalue weighted by atomic mass is 9.72. The van der Waals surface area contributed by atoms with Gasteiger partial charge in [-0.1, -0.05) is 13.8 Å². The van der Waals surface area contributed by atoms with Crippen LogP contribution >= 0.6 is 0 Å². The number of methoxy groups -OCH3 is 1. The summed E-state index contributed by atoms with van der Waals surface area (Å²) < 4.78 is 18.5. The van der Waals surface area contributed by atoms with Crippen molar-refractivity contribution in [2.24, 2.45) is 11.8 Å². The Bertz CT molecular complexity index is 264. The van der Waals surface area contributed by atoms with Gasteiger partial charge in [0.1, 0.15) is 0 Å². The van der Waals surface area contributed by atoms with Crippen molar-refractivity contribution in [2.45, 2.75) is 32.4 Å². The molecular weight excluding hydrogens is 187 g/mol. The molecule has 1 fully saturated rings. The maximum Gasteiger partial charge on any atom is 0.351 e. The molecule has 3 atom stereocenters. The minimum absolute atomic E-state index is 0.393. The first-order chi connectivity index (χ1) is 6.44. The van der Waals surface area contributed by atoms with Crippen LogP contribution in [0.4, 0.5) is 4.39 Å². The van der Waals surface area contributed by atoms with Crippen LogP contribution in [0.3, 0.4) is 0 Å². The van der Waals surface area contributed by atoms with E-state index in [1.165, 1.54) is 0 Å². The van der Waals surface area contributed by atoms with Crippen molar-refractivity contribution >= 4 is 11.8 Å². The fourth-order valence-electron chi connectivity index (χ4n) is 1.88. The summed E-state index contributed by atoms with van der Waals surface area (Å²) in [4.78, 5) is 22.8. The number of halogens is 1. The molecule has 1 saturated carbocycles. The van der Waals surface area contributed by atoms with Gasteiger partial charge in [-0.25, -0.2) is 9.18 Å². The molecule has 3 unspecified atom stereocenters. The summed E-state index contributed by atoms with van der Waals surface area (Å²) in [5, 5.41) is 0. The largest absolute Gasteiger partial charge is 0.466 e. The molecule has 80 valence electrons. The monoisotopic (exact) mass is 202 g/mol. The summed E-state index contributed by atoms with van der Waals surface area (Å²) in [6, 6.07) is 0. The zero-order valence-electron chi connectivity index (χ0n) is 8.67. The number of carbonyl (C=O) groups is 2. The highest BCUT2D eigenvalue weighted by Crippen LogP contribution is 2.37. The van der Waals surface area contributed by atoms with Crippen molar-refractivity contribution < 1.29 is 18.7 Å². The smallest absolute Gasteiger partial charge is 0.351 e. The molecule has 4 heteroatoms. The highest BCUT2D eigenvalue weighted by atomic mass is 19.1. The molecule has 1 aliphatic carbocycles. The Labute approximate surface area is 82.6 Å². The van der Waals surface area contributed by atoms with Gasteiger partial charge in [-0.15, -0.1) is 0 Å². The molecule has 1 aliphatic rings. The van der Waals surface area contributed by atoms with E-state index in [1.54, 1.807) is 13.8 Å². The summed E-state index contributed by atoms with van der Waals surface area (Å²) in [5.41, 5.74) is -2.42. The Kier molecular flexibility index (Phi) is 2.92. The van der Waals surface area contributed by atoms with Crippen molar-refractivity contribution in [1.82, 2.24) is 0 Å². The van der Waals surface area contributed by atoms with Gasteiger partial charge in [0.15, 0.2) is 5.78 Å². The van der Waals surface area contributed by atoms with Crippen molar-refractivity contribution in [2.75, 3.05) is 7.11 Å². The van der Waals surface area contributed by atoms with Crippen LogP contribution in [0, 0.1) is 11.8 Å². The second-order valence-electron chi connectivity index (χ2n) is 3.95. The third-order valence-electron chi connectivity index (χ3n) is 3.00. The van der Waals surface area contributed by atoms with Crippen molar-refractivity contribution in [1.29, 1.82) is 0 Å². The van der Waals surface area contributed by atoms with Crippen LogP contribution in [0.25, 0.3) is 0 Å². The zero-order valence-corrected chi connectivity index (χ0v) is 8.67. The average molecular weight is 202 g/mol. The molecule has 0 N–H and O–H groups in total. The van der Waals surface area contributed by atoms with E-state index in [2.05, 4.69) is 4.74 Å². The molecule has 0 aromatic heterocycles. The van der Waals surface area contributed by atoms with E-state index in [4.69, 9.17) is 0 Å². The predicted octanol–water partition coefficient (Wildman–Crippen LogP) is 1.50. The van der Waals surface area contributed by atoms with Gasteiger partial charge in [0.05, 0.1) is 7.11 Å². The first-order valence-electron chi connectivity index (χ1n) is 4.76. The van der Waals surface area contributed by atoms with E-state index in [-0.39, 0.29) is 0 Å². The lowest BCUT2D eigenvalue weighted by Crippen LogP contribution is -2.53. The minimum Gasteiger partial charge on any atom is -0.466 e. The van der Waals surface area contributed by atoms with E-state index in [0.717, 1.165) is 7.11 Å². The maximum atomic E-state index is 14.2. The number of hydrogen-bond donors (Lipinski definition) is 0. The summed E-state index contributed by atoms with van der Waals surface area (Å²) in [7, 11) is 1.10. The van der Waals surface area contributed by atoms with Gasteiger partial charge in [0.2, 0.25) is 0 Å². The number of Topliss-reactive ketones (excluding diaryl/α,β-unsaturated/α-hetero) is 1. The molecule has 0 aliphatic heterocycles. The van der Waals surface area contributed by atoms with Gasteiger partial charge in [-0.3, -0.25) is 4.79 Å². The van der Waals surface area contributed by atoms with Crippen LogP contribution in [0.5, 0.6) is 0 Å². The van der Waals surface area contributed by atoms with Crippen LogP contribution in [-0.4, -0.2) is 24.5 Å². The Hall–Kier alpha value is -0.930. The van der Waals surface area contributed by atoms with Gasteiger partial charge >= 0.3 is 5.97 Å². The van der Waals surface area contributed by atoms with E-state index in [0.29, 0.717) is 12.8 Å². The topological polar surface area (TPSA) is 43.4 Å². The molecule has 14 heavy (non-hydrogen) atoms. The maximum absolute atomic E-state index is 14.2. The predicted molar refractivity (Wildman–Crippen MR) is 48.4 cm³/mol. The molecule has 3 nitrogen and oxygen atoms in total. The molecule has 0 aromatic rings. The second-order valence-corrected chi connectivity index (χ2v) is 3.95.